The number of halogens is 4. The number of aryl methyl sites for hydroxylation is 4. The van der Waals surface area contributed by atoms with Crippen molar-refractivity contribution in [2.75, 3.05) is 0 Å². The van der Waals surface area contributed by atoms with Crippen molar-refractivity contribution in [2.45, 2.75) is 13.1 Å². The van der Waals surface area contributed by atoms with Crippen LogP contribution in [0.3, 0.4) is 0 Å². The van der Waals surface area contributed by atoms with Crippen molar-refractivity contribution < 1.29 is 23.4 Å². The number of hydrogen-bond donors (Lipinski definition) is 0. The molecule has 0 spiro atoms. The van der Waals surface area contributed by atoms with Gasteiger partial charge in [0, 0.05) is 0 Å². The summed E-state index contributed by atoms with van der Waals surface area (Å²) in [4.78, 5) is 0. The zero-order chi connectivity index (χ0) is 16.8. The number of nitrogens with zero attached hydrogens (tertiary/aromatic N) is 4. The van der Waals surface area contributed by atoms with Crippen molar-refractivity contribution in [3.05, 3.63) is 37.4 Å². The van der Waals surface area contributed by atoms with Crippen molar-refractivity contribution in [3.8, 4) is 0 Å². The summed E-state index contributed by atoms with van der Waals surface area (Å²) < 4.78 is 33.6. The predicted octanol–water partition coefficient (Wildman–Crippen LogP) is 0.725. The summed E-state index contributed by atoms with van der Waals surface area (Å²) >= 11 is 6.42. The van der Waals surface area contributed by atoms with Crippen molar-refractivity contribution in [2.24, 2.45) is 14.1 Å². The van der Waals surface area contributed by atoms with Crippen LogP contribution < -0.4 is 9.13 Å². The summed E-state index contributed by atoms with van der Waals surface area (Å²) in [6.07, 6.45) is 12.4. The van der Waals surface area contributed by atoms with Crippen LogP contribution in [0.1, 0.15) is 0 Å². The summed E-state index contributed by atoms with van der Waals surface area (Å²) in [6.45, 7) is 2.02. The van der Waals surface area contributed by atoms with Crippen LogP contribution >= 0.6 is 48.5 Å². The second-order valence-electron chi connectivity index (χ2n) is 4.00. The van der Waals surface area contributed by atoms with Gasteiger partial charge in [0.05, 0.1) is 14.1 Å². The molecule has 0 atom stereocenters. The average Bonchev–Trinajstić information content (AvgIpc) is 3.14. The fourth-order valence-corrected chi connectivity index (χ4v) is 1.50. The number of rotatable bonds is 5. The molecule has 2 heterocycles. The Morgan fingerprint density at radius 1 is 0.875 bits per heavy atom. The molecule has 2 aromatic heterocycles. The maximum atomic E-state index is 9.03. The van der Waals surface area contributed by atoms with Gasteiger partial charge in [-0.05, 0) is 0 Å². The van der Waals surface area contributed by atoms with Gasteiger partial charge in [0.25, 0.3) is 0 Å². The Labute approximate surface area is 175 Å². The van der Waals surface area contributed by atoms with Crippen LogP contribution in [0.4, 0.5) is 0 Å². The molecule has 0 N–H and O–H groups in total. The van der Waals surface area contributed by atoms with Gasteiger partial charge in [-0.3, -0.25) is 0 Å². The normalized spacial score (nSPS) is 7.67. The van der Waals surface area contributed by atoms with Gasteiger partial charge in [-0.1, -0.05) is 0 Å². The van der Waals surface area contributed by atoms with Crippen molar-refractivity contribution >= 4 is 79.5 Å². The molecule has 134 valence electrons. The van der Waals surface area contributed by atoms with Crippen LogP contribution in [0.5, 0.6) is 0 Å². The van der Waals surface area contributed by atoms with E-state index >= 15 is 0 Å². The van der Waals surface area contributed by atoms with Gasteiger partial charge < -0.3 is 0 Å². The Hall–Kier alpha value is -0.155. The molecule has 0 fully saturated rings. The Morgan fingerprint density at radius 3 is 1.33 bits per heavy atom. The number of aromatic nitrogens is 4. The third-order valence-electron chi connectivity index (χ3n) is 2.34. The first-order valence-corrected chi connectivity index (χ1v) is 8.51. The van der Waals surface area contributed by atoms with Crippen LogP contribution in [0.2, 0.25) is 0 Å². The zero-order valence-electron chi connectivity index (χ0n) is 13.0. The zero-order valence-corrected chi connectivity index (χ0v) is 18.5. The minimum absolute atomic E-state index is 0. The second-order valence-corrected chi connectivity index (χ2v) is 5.81. The quantitative estimate of drug-likeness (QED) is 0.494. The van der Waals surface area contributed by atoms with E-state index in [-0.39, 0.29) is 24.8 Å². The molecule has 2 aromatic rings. The van der Waals surface area contributed by atoms with E-state index in [4.69, 9.17) is 7.61 Å². The van der Waals surface area contributed by atoms with Gasteiger partial charge in [-0.25, -0.2) is 18.3 Å². The first-order valence-electron chi connectivity index (χ1n) is 6.01. The third kappa shape index (κ3) is 15.4. The third-order valence-corrected chi connectivity index (χ3v) is 2.92. The first-order chi connectivity index (χ1) is 10.6. The molecule has 0 aliphatic carbocycles. The van der Waals surface area contributed by atoms with Crippen molar-refractivity contribution in [1.82, 2.24) is 9.13 Å². The molecule has 0 aliphatic rings. The molecule has 0 aliphatic heterocycles. The first kappa shape index (κ1) is 28.6. The SMILES string of the molecule is C[n+]1ccn(CCn2cc[n+](C)c2)c1.Cl.Cl.[O]=[Al][O]Cl.[O]=[Al][O]Cl. The summed E-state index contributed by atoms with van der Waals surface area (Å²) in [5.74, 6) is 0. The molecule has 0 saturated heterocycles. The molecule has 0 bridgehead atoms. The maximum absolute atomic E-state index is 9.03. The Morgan fingerprint density at radius 2 is 1.17 bits per heavy atom. The molecule has 0 saturated carbocycles. The van der Waals surface area contributed by atoms with Crippen LogP contribution in [0, 0.1) is 0 Å². The van der Waals surface area contributed by atoms with Gasteiger partial charge in [-0.2, -0.15) is 0 Å². The second kappa shape index (κ2) is 19.2. The van der Waals surface area contributed by atoms with E-state index in [1.807, 2.05) is 14.1 Å². The van der Waals surface area contributed by atoms with E-state index in [2.05, 4.69) is 86.1 Å². The Bertz CT molecular complexity index is 510. The van der Waals surface area contributed by atoms with Crippen LogP contribution in [0.15, 0.2) is 37.4 Å². The van der Waals surface area contributed by atoms with Crippen molar-refractivity contribution in [1.29, 1.82) is 0 Å². The summed E-state index contributed by atoms with van der Waals surface area (Å²) in [7, 11) is 4.07. The van der Waals surface area contributed by atoms with E-state index in [9.17, 15) is 0 Å². The summed E-state index contributed by atoms with van der Waals surface area (Å²) in [5.41, 5.74) is 0. The summed E-state index contributed by atoms with van der Waals surface area (Å²) in [6, 6.07) is 0. The fraction of sp³-hybridized carbons (Fsp3) is 0.400. The monoisotopic (exact) mass is 452 g/mol. The Balaban J connectivity index is -0.000000378. The Kier molecular flexibility index (Phi) is 22.9. The molecular formula is C10H18Al2Cl4N4O4+2. The van der Waals surface area contributed by atoms with Crippen LogP contribution in [-0.4, -0.2) is 40.1 Å². The van der Waals surface area contributed by atoms with E-state index in [0.29, 0.717) is 0 Å². The molecule has 24 heavy (non-hydrogen) atoms. The van der Waals surface area contributed by atoms with Crippen molar-refractivity contribution in [3.63, 3.8) is 0 Å². The van der Waals surface area contributed by atoms with Gasteiger partial charge in [-0.15, -0.1) is 24.8 Å². The van der Waals surface area contributed by atoms with Crippen LogP contribution in [0.25, 0.3) is 0 Å². The van der Waals surface area contributed by atoms with Gasteiger partial charge in [0.2, 0.25) is 12.7 Å². The molecule has 0 unspecified atom stereocenters. The topological polar surface area (TPSA) is 70.2 Å². The van der Waals surface area contributed by atoms with Gasteiger partial charge >= 0.3 is 69.0 Å². The standard InChI is InChI=1S/C10H16N4.2Al.2ClO.2ClH.2O/c1-11-3-5-13(9-11)7-8-14-6-4-12(2)10-14;;;2*1-2;;;;/h3-6,9-10H,7-8H2,1-2H3;;;;;2*1H;;/q+2;2*+1;2*-1;;;;. The van der Waals surface area contributed by atoms with Gasteiger partial charge in [0.15, 0.2) is 0 Å². The number of imidazole rings is 2. The molecular weight excluding hydrogens is 436 g/mol. The van der Waals surface area contributed by atoms with E-state index in [0.717, 1.165) is 13.1 Å². The molecule has 2 rings (SSSR count). The molecule has 14 heteroatoms. The van der Waals surface area contributed by atoms with Gasteiger partial charge in [0.1, 0.15) is 37.9 Å². The van der Waals surface area contributed by atoms with E-state index in [1.54, 1.807) is 0 Å². The average molecular weight is 454 g/mol. The predicted molar refractivity (Wildman–Crippen MR) is 92.5 cm³/mol. The minimum atomic E-state index is -1.20. The number of hydrogen-bond acceptors (Lipinski definition) is 4. The molecule has 8 nitrogen and oxygen atoms in total. The molecule has 0 amide bonds. The van der Waals surface area contributed by atoms with Crippen LogP contribution in [-0.2, 0) is 41.5 Å². The molecule has 0 radical (unpaired) electrons. The fourth-order valence-electron chi connectivity index (χ4n) is 1.50. The van der Waals surface area contributed by atoms with E-state index < -0.39 is 31.0 Å². The van der Waals surface area contributed by atoms with E-state index in [1.165, 1.54) is 0 Å². The summed E-state index contributed by atoms with van der Waals surface area (Å²) in [5, 5.41) is 0. The molecule has 0 aromatic carbocycles.